The Bertz CT molecular complexity index is 1180. The third-order valence-electron chi connectivity index (χ3n) is 5.69. The number of amides is 3. The lowest BCUT2D eigenvalue weighted by molar-refractivity contribution is -0.136. The molecule has 2 aliphatic heterocycles. The number of hydrogen-bond donors (Lipinski definition) is 6. The van der Waals surface area contributed by atoms with Crippen LogP contribution in [0.4, 0.5) is 0 Å². The number of rotatable bonds is 9. The number of aliphatic carboxylic acids is 1. The van der Waals surface area contributed by atoms with Gasteiger partial charge in [-0.05, 0) is 52.7 Å². The fourth-order valence-corrected chi connectivity index (χ4v) is 3.67. The van der Waals surface area contributed by atoms with Crippen molar-refractivity contribution in [2.24, 2.45) is 5.73 Å². The summed E-state index contributed by atoms with van der Waals surface area (Å²) in [5, 5.41) is 32.6. The molecule has 0 aliphatic carbocycles. The van der Waals surface area contributed by atoms with Gasteiger partial charge in [0.05, 0.1) is 19.6 Å². The Kier molecular flexibility index (Phi) is 9.80. The molecule has 0 radical (unpaired) electrons. The number of primary amides is 1. The Morgan fingerprint density at radius 2 is 1.41 bits per heavy atom. The van der Waals surface area contributed by atoms with Gasteiger partial charge >= 0.3 is 20.2 Å². The van der Waals surface area contributed by atoms with E-state index in [-0.39, 0.29) is 31.2 Å². The third-order valence-corrected chi connectivity index (χ3v) is 5.69. The van der Waals surface area contributed by atoms with E-state index in [0.717, 1.165) is 11.1 Å². The summed E-state index contributed by atoms with van der Waals surface area (Å²) >= 11 is 0. The molecule has 37 heavy (non-hydrogen) atoms. The van der Waals surface area contributed by atoms with Crippen molar-refractivity contribution in [1.82, 2.24) is 10.6 Å². The number of nitrogens with two attached hydrogens (primary N) is 1. The summed E-state index contributed by atoms with van der Waals surface area (Å²) in [6.07, 6.45) is 0.536. The van der Waals surface area contributed by atoms with Gasteiger partial charge in [-0.2, -0.15) is 0 Å². The number of carboxylic acids is 1. The number of carbonyl (C=O) groups excluding carboxylic acids is 3. The van der Waals surface area contributed by atoms with E-state index in [1.54, 1.807) is 36.4 Å². The molecule has 0 saturated carbocycles. The molecule has 0 fully saturated rings. The minimum atomic E-state index is -0.998. The average molecular weight is 511 g/mol. The highest BCUT2D eigenvalue weighted by atomic mass is 16.5. The normalized spacial score (nSPS) is 13.2. The molecular weight excluding hydrogens is 484 g/mol. The van der Waals surface area contributed by atoms with Crippen LogP contribution in [0, 0.1) is 0 Å². The largest absolute Gasteiger partial charge is 0.491 e. The summed E-state index contributed by atoms with van der Waals surface area (Å²) in [6.45, 7) is 1.13. The van der Waals surface area contributed by atoms with Crippen LogP contribution in [0.2, 0.25) is 0 Å². The lowest BCUT2D eigenvalue weighted by Gasteiger charge is -2.07. The second-order valence-electron chi connectivity index (χ2n) is 8.37. The van der Waals surface area contributed by atoms with Crippen molar-refractivity contribution >= 4 is 48.9 Å². The van der Waals surface area contributed by atoms with Gasteiger partial charge in [-0.25, -0.2) is 0 Å². The molecule has 7 N–H and O–H groups in total. The van der Waals surface area contributed by atoms with Crippen LogP contribution in [0.5, 0.6) is 0 Å². The zero-order valence-electron chi connectivity index (χ0n) is 19.9. The Balaban J connectivity index is 0.000000244. The lowest BCUT2D eigenvalue weighted by Crippen LogP contribution is -2.31. The van der Waals surface area contributed by atoms with Crippen molar-refractivity contribution in [2.75, 3.05) is 13.1 Å². The first-order valence-electron chi connectivity index (χ1n) is 11.6. The van der Waals surface area contributed by atoms with Crippen LogP contribution in [-0.4, -0.2) is 66.2 Å². The molecule has 0 spiro atoms. The maximum absolute atomic E-state index is 12.0. The van der Waals surface area contributed by atoms with Crippen molar-refractivity contribution in [3.63, 3.8) is 0 Å². The van der Waals surface area contributed by atoms with Crippen LogP contribution in [-0.2, 0) is 32.1 Å². The third kappa shape index (κ3) is 7.89. The van der Waals surface area contributed by atoms with E-state index in [1.165, 1.54) is 0 Å². The molecule has 0 unspecified atom stereocenters. The minimum Gasteiger partial charge on any atom is -0.481 e. The van der Waals surface area contributed by atoms with Crippen molar-refractivity contribution < 1.29 is 43.6 Å². The standard InChI is InChI=1S/C15H19BN2O6.C8H8BNO3/c19-13(17-7-5-14(20)21)2-1-6-18-15(22)10-3-4-11-9-24-16(23)12(11)8-10;10-8(11)5-1-2-6-4-13-9(12)7(6)3-5/h3-4,8,23H,1-2,5-7,9H2,(H,17,19)(H,18,22)(H,20,21);1-3,12H,4H2,(H2,10,11). The second-order valence-corrected chi connectivity index (χ2v) is 8.37. The zero-order chi connectivity index (χ0) is 26.9. The smallest absolute Gasteiger partial charge is 0.481 e. The predicted molar refractivity (Wildman–Crippen MR) is 133 cm³/mol. The van der Waals surface area contributed by atoms with E-state index in [9.17, 15) is 29.2 Å². The van der Waals surface area contributed by atoms with Gasteiger partial charge in [0.2, 0.25) is 11.8 Å². The van der Waals surface area contributed by atoms with Gasteiger partial charge in [-0.15, -0.1) is 0 Å². The molecule has 3 amide bonds. The quantitative estimate of drug-likeness (QED) is 0.163. The summed E-state index contributed by atoms with van der Waals surface area (Å²) in [6, 6.07) is 9.94. The van der Waals surface area contributed by atoms with Crippen molar-refractivity contribution in [1.29, 1.82) is 0 Å². The van der Waals surface area contributed by atoms with E-state index >= 15 is 0 Å². The molecule has 14 heteroatoms. The van der Waals surface area contributed by atoms with E-state index in [2.05, 4.69) is 10.6 Å². The molecule has 2 heterocycles. The van der Waals surface area contributed by atoms with Crippen LogP contribution in [0.15, 0.2) is 36.4 Å². The van der Waals surface area contributed by atoms with Gasteiger partial charge in [0.15, 0.2) is 0 Å². The molecule has 12 nitrogen and oxygen atoms in total. The first-order valence-corrected chi connectivity index (χ1v) is 11.6. The highest BCUT2D eigenvalue weighted by Crippen LogP contribution is 2.12. The van der Waals surface area contributed by atoms with Crippen LogP contribution in [0.3, 0.4) is 0 Å². The number of benzene rings is 2. The van der Waals surface area contributed by atoms with Crippen molar-refractivity contribution in [3.05, 3.63) is 58.7 Å². The van der Waals surface area contributed by atoms with E-state index in [1.807, 2.05) is 0 Å². The Hall–Kier alpha value is -3.71. The van der Waals surface area contributed by atoms with E-state index in [0.29, 0.717) is 48.2 Å². The molecule has 0 atom stereocenters. The summed E-state index contributed by atoms with van der Waals surface area (Å²) in [5.74, 6) is -2.00. The van der Waals surface area contributed by atoms with Crippen LogP contribution < -0.4 is 27.3 Å². The summed E-state index contributed by atoms with van der Waals surface area (Å²) in [5.41, 5.74) is 8.90. The number of nitrogens with one attached hydrogen (secondary N) is 2. The van der Waals surface area contributed by atoms with Gasteiger partial charge in [0.25, 0.3) is 5.91 Å². The maximum Gasteiger partial charge on any atom is 0.491 e. The molecule has 4 rings (SSSR count). The monoisotopic (exact) mass is 511 g/mol. The SMILES string of the molecule is NC(=O)c1ccc2c(c1)B(O)OC2.O=C(O)CCNC(=O)CCCNC(=O)c1ccc2c(c1)B(O)OC2. The number of carbonyl (C=O) groups is 4. The van der Waals surface area contributed by atoms with Crippen LogP contribution in [0.25, 0.3) is 0 Å². The van der Waals surface area contributed by atoms with Gasteiger partial charge in [0, 0.05) is 30.6 Å². The zero-order valence-corrected chi connectivity index (χ0v) is 19.9. The maximum atomic E-state index is 12.0. The molecule has 0 bridgehead atoms. The second kappa shape index (κ2) is 13.0. The average Bonchev–Trinajstić information content (AvgIpc) is 3.43. The molecule has 0 saturated heterocycles. The molecule has 194 valence electrons. The Morgan fingerprint density at radius 1 is 0.838 bits per heavy atom. The predicted octanol–water partition coefficient (Wildman–Crippen LogP) is -1.99. The fraction of sp³-hybridized carbons (Fsp3) is 0.304. The first-order chi connectivity index (χ1) is 17.7. The topological polar surface area (TPSA) is 198 Å². The molecule has 2 aromatic rings. The molecular formula is C23H27B2N3O9. The van der Waals surface area contributed by atoms with Crippen molar-refractivity contribution in [2.45, 2.75) is 32.5 Å². The van der Waals surface area contributed by atoms with E-state index in [4.69, 9.17) is 20.1 Å². The van der Waals surface area contributed by atoms with E-state index < -0.39 is 26.1 Å². The van der Waals surface area contributed by atoms with Gasteiger partial charge < -0.3 is 40.8 Å². The summed E-state index contributed by atoms with van der Waals surface area (Å²) < 4.78 is 10.0. The van der Waals surface area contributed by atoms with Gasteiger partial charge in [-0.1, -0.05) is 12.1 Å². The minimum absolute atomic E-state index is 0.0973. The van der Waals surface area contributed by atoms with Crippen molar-refractivity contribution in [3.8, 4) is 0 Å². The molecule has 2 aliphatic rings. The Morgan fingerprint density at radius 3 is 1.97 bits per heavy atom. The summed E-state index contributed by atoms with van der Waals surface area (Å²) in [7, 11) is -1.92. The fourth-order valence-electron chi connectivity index (χ4n) is 3.67. The Labute approximate surface area is 213 Å². The highest BCUT2D eigenvalue weighted by Gasteiger charge is 2.28. The first kappa shape index (κ1) is 27.9. The summed E-state index contributed by atoms with van der Waals surface area (Å²) in [4.78, 5) is 44.6. The van der Waals surface area contributed by atoms with Gasteiger partial charge in [0.1, 0.15) is 0 Å². The van der Waals surface area contributed by atoms with Gasteiger partial charge in [-0.3, -0.25) is 19.2 Å². The number of fused-ring (bicyclic) bond motifs is 2. The highest BCUT2D eigenvalue weighted by molar-refractivity contribution is 6.62. The molecule has 2 aromatic carbocycles. The number of carboxylic acid groups (broad SMARTS) is 1. The van der Waals surface area contributed by atoms with Crippen LogP contribution in [0.1, 0.15) is 51.1 Å². The van der Waals surface area contributed by atoms with Crippen LogP contribution >= 0.6 is 0 Å². The lowest BCUT2D eigenvalue weighted by atomic mass is 9.79. The number of hydrogen-bond acceptors (Lipinski definition) is 8. The molecule has 0 aromatic heterocycles.